The SMILES string of the molecule is CCS(=O)(=O)NCc1c2c(cc3c1OCC3)OCC2. The molecular formula is C13H17NO4S. The largest absolute Gasteiger partial charge is 0.493 e. The number of nitrogens with one attached hydrogen (secondary N) is 1. The summed E-state index contributed by atoms with van der Waals surface area (Å²) >= 11 is 0. The highest BCUT2D eigenvalue weighted by molar-refractivity contribution is 7.89. The minimum absolute atomic E-state index is 0.0849. The van der Waals surface area contributed by atoms with E-state index in [4.69, 9.17) is 9.47 Å². The molecule has 104 valence electrons. The average molecular weight is 283 g/mol. The first-order valence-electron chi connectivity index (χ1n) is 6.51. The average Bonchev–Trinajstić information content (AvgIpc) is 3.02. The third kappa shape index (κ3) is 2.30. The maximum atomic E-state index is 11.6. The van der Waals surface area contributed by atoms with E-state index < -0.39 is 10.0 Å². The van der Waals surface area contributed by atoms with Crippen LogP contribution in [0.15, 0.2) is 6.07 Å². The maximum absolute atomic E-state index is 11.6. The van der Waals surface area contributed by atoms with Crippen LogP contribution >= 0.6 is 0 Å². The van der Waals surface area contributed by atoms with Gasteiger partial charge in [0.05, 0.1) is 19.0 Å². The molecule has 0 aromatic heterocycles. The zero-order valence-electron chi connectivity index (χ0n) is 10.9. The normalized spacial score (nSPS) is 16.7. The van der Waals surface area contributed by atoms with Crippen molar-refractivity contribution in [1.82, 2.24) is 4.72 Å². The second-order valence-corrected chi connectivity index (χ2v) is 6.84. The zero-order chi connectivity index (χ0) is 13.5. The van der Waals surface area contributed by atoms with Crippen LogP contribution in [0.1, 0.15) is 23.6 Å². The minimum atomic E-state index is -3.20. The van der Waals surface area contributed by atoms with Gasteiger partial charge in [-0.3, -0.25) is 0 Å². The molecule has 0 saturated carbocycles. The minimum Gasteiger partial charge on any atom is -0.493 e. The van der Waals surface area contributed by atoms with Crippen LogP contribution in [0.5, 0.6) is 11.5 Å². The molecule has 1 aromatic rings. The molecule has 5 nitrogen and oxygen atoms in total. The van der Waals surface area contributed by atoms with Crippen molar-refractivity contribution in [3.63, 3.8) is 0 Å². The summed E-state index contributed by atoms with van der Waals surface area (Å²) in [5.41, 5.74) is 3.14. The van der Waals surface area contributed by atoms with E-state index >= 15 is 0 Å². The molecule has 2 aliphatic heterocycles. The predicted octanol–water partition coefficient (Wildman–Crippen LogP) is 0.996. The van der Waals surface area contributed by atoms with Gasteiger partial charge in [-0.05, 0) is 13.0 Å². The number of sulfonamides is 1. The van der Waals surface area contributed by atoms with Crippen LogP contribution in [0, 0.1) is 0 Å². The van der Waals surface area contributed by atoms with Crippen molar-refractivity contribution in [3.05, 3.63) is 22.8 Å². The van der Waals surface area contributed by atoms with Crippen molar-refractivity contribution in [2.75, 3.05) is 19.0 Å². The molecule has 0 spiro atoms. The fourth-order valence-corrected chi connectivity index (χ4v) is 3.12. The van der Waals surface area contributed by atoms with Crippen molar-refractivity contribution in [2.45, 2.75) is 26.3 Å². The molecule has 19 heavy (non-hydrogen) atoms. The molecule has 0 aliphatic carbocycles. The molecule has 0 unspecified atom stereocenters. The van der Waals surface area contributed by atoms with E-state index in [-0.39, 0.29) is 12.3 Å². The van der Waals surface area contributed by atoms with Crippen LogP contribution in [0.4, 0.5) is 0 Å². The first-order chi connectivity index (χ1) is 9.11. The van der Waals surface area contributed by atoms with Gasteiger partial charge in [0.2, 0.25) is 10.0 Å². The van der Waals surface area contributed by atoms with Gasteiger partial charge in [0.15, 0.2) is 0 Å². The van der Waals surface area contributed by atoms with Gasteiger partial charge in [0.1, 0.15) is 11.5 Å². The predicted molar refractivity (Wildman–Crippen MR) is 71.1 cm³/mol. The number of ether oxygens (including phenoxy) is 2. The third-order valence-electron chi connectivity index (χ3n) is 3.61. The monoisotopic (exact) mass is 283 g/mol. The van der Waals surface area contributed by atoms with Crippen LogP contribution in [0.3, 0.4) is 0 Å². The lowest BCUT2D eigenvalue weighted by molar-refractivity contribution is 0.352. The van der Waals surface area contributed by atoms with Crippen LogP contribution in [0.25, 0.3) is 0 Å². The van der Waals surface area contributed by atoms with Crippen molar-refractivity contribution < 1.29 is 17.9 Å². The maximum Gasteiger partial charge on any atom is 0.211 e. The van der Waals surface area contributed by atoms with Crippen molar-refractivity contribution in [1.29, 1.82) is 0 Å². The molecule has 1 N–H and O–H groups in total. The van der Waals surface area contributed by atoms with Crippen molar-refractivity contribution >= 4 is 10.0 Å². The van der Waals surface area contributed by atoms with E-state index in [1.807, 2.05) is 6.07 Å². The Bertz CT molecular complexity index is 577. The van der Waals surface area contributed by atoms with Gasteiger partial charge in [-0.1, -0.05) is 0 Å². The lowest BCUT2D eigenvalue weighted by Crippen LogP contribution is -2.25. The summed E-state index contributed by atoms with van der Waals surface area (Å²) in [6.07, 6.45) is 1.68. The summed E-state index contributed by atoms with van der Waals surface area (Å²) in [7, 11) is -3.20. The number of fused-ring (bicyclic) bond motifs is 2. The molecule has 2 aliphatic rings. The van der Waals surface area contributed by atoms with Gasteiger partial charge in [-0.15, -0.1) is 0 Å². The fourth-order valence-electron chi connectivity index (χ4n) is 2.56. The topological polar surface area (TPSA) is 64.6 Å². The van der Waals surface area contributed by atoms with E-state index in [0.29, 0.717) is 13.2 Å². The molecular weight excluding hydrogens is 266 g/mol. The molecule has 3 rings (SSSR count). The summed E-state index contributed by atoms with van der Waals surface area (Å²) in [6, 6.07) is 2.03. The van der Waals surface area contributed by atoms with Crippen LogP contribution in [-0.4, -0.2) is 27.4 Å². The smallest absolute Gasteiger partial charge is 0.211 e. The van der Waals surface area contributed by atoms with Crippen molar-refractivity contribution in [3.8, 4) is 11.5 Å². The summed E-state index contributed by atoms with van der Waals surface area (Å²) in [5.74, 6) is 1.82. The highest BCUT2D eigenvalue weighted by Gasteiger charge is 2.26. The first kappa shape index (κ1) is 12.7. The van der Waals surface area contributed by atoms with E-state index in [2.05, 4.69) is 4.72 Å². The van der Waals surface area contributed by atoms with E-state index in [0.717, 1.165) is 41.0 Å². The first-order valence-corrected chi connectivity index (χ1v) is 8.16. The summed E-state index contributed by atoms with van der Waals surface area (Å²) in [5, 5.41) is 0. The summed E-state index contributed by atoms with van der Waals surface area (Å²) in [6.45, 7) is 3.23. The lowest BCUT2D eigenvalue weighted by atomic mass is 10.00. The molecule has 0 fully saturated rings. The number of hydrogen-bond acceptors (Lipinski definition) is 4. The molecule has 0 saturated heterocycles. The van der Waals surface area contributed by atoms with Gasteiger partial charge in [-0.25, -0.2) is 13.1 Å². The molecule has 0 atom stereocenters. The fraction of sp³-hybridized carbons (Fsp3) is 0.538. The van der Waals surface area contributed by atoms with Gasteiger partial charge < -0.3 is 9.47 Å². The Morgan fingerprint density at radius 3 is 2.84 bits per heavy atom. The highest BCUT2D eigenvalue weighted by Crippen LogP contribution is 2.40. The highest BCUT2D eigenvalue weighted by atomic mass is 32.2. The molecule has 0 radical (unpaired) electrons. The molecule has 2 heterocycles. The summed E-state index contributed by atoms with van der Waals surface area (Å²) < 4.78 is 37.1. The van der Waals surface area contributed by atoms with Gasteiger partial charge in [0, 0.05) is 36.1 Å². The van der Waals surface area contributed by atoms with E-state index in [1.54, 1.807) is 6.92 Å². The number of hydrogen-bond donors (Lipinski definition) is 1. The molecule has 1 aromatic carbocycles. The quantitative estimate of drug-likeness (QED) is 0.895. The standard InChI is InChI=1S/C13H17NO4S/c1-2-19(15,16)14-8-11-10-4-6-17-12(10)7-9-3-5-18-13(9)11/h7,14H,2-6,8H2,1H3. The Balaban J connectivity index is 1.96. The number of benzene rings is 1. The van der Waals surface area contributed by atoms with Gasteiger partial charge in [0.25, 0.3) is 0 Å². The second kappa shape index (κ2) is 4.68. The molecule has 6 heteroatoms. The van der Waals surface area contributed by atoms with Crippen LogP contribution in [0.2, 0.25) is 0 Å². The Hall–Kier alpha value is -1.27. The zero-order valence-corrected chi connectivity index (χ0v) is 11.7. The van der Waals surface area contributed by atoms with Crippen molar-refractivity contribution in [2.24, 2.45) is 0 Å². The lowest BCUT2D eigenvalue weighted by Gasteiger charge is -2.13. The Morgan fingerprint density at radius 2 is 2.05 bits per heavy atom. The summed E-state index contributed by atoms with van der Waals surface area (Å²) in [4.78, 5) is 0. The Labute approximate surface area is 113 Å². The second-order valence-electron chi connectivity index (χ2n) is 4.74. The Kier molecular flexibility index (Phi) is 3.14. The third-order valence-corrected chi connectivity index (χ3v) is 4.95. The van der Waals surface area contributed by atoms with Crippen LogP contribution < -0.4 is 14.2 Å². The van der Waals surface area contributed by atoms with Crippen LogP contribution in [-0.2, 0) is 29.4 Å². The van der Waals surface area contributed by atoms with Gasteiger partial charge >= 0.3 is 0 Å². The Morgan fingerprint density at radius 1 is 1.26 bits per heavy atom. The molecule has 0 bridgehead atoms. The van der Waals surface area contributed by atoms with E-state index in [9.17, 15) is 8.42 Å². The number of rotatable bonds is 4. The molecule has 0 amide bonds. The van der Waals surface area contributed by atoms with E-state index in [1.165, 1.54) is 0 Å². The van der Waals surface area contributed by atoms with Gasteiger partial charge in [-0.2, -0.15) is 0 Å².